The lowest BCUT2D eigenvalue weighted by atomic mass is 9.44. The number of aliphatic carboxylic acids is 1. The summed E-state index contributed by atoms with van der Waals surface area (Å²) >= 11 is 0. The summed E-state index contributed by atoms with van der Waals surface area (Å²) < 4.78 is 6.63. The average molecular weight is 680 g/mol. The number of carbonyl (C=O) groups is 3. The zero-order valence-electron chi connectivity index (χ0n) is 30.8. The Bertz CT molecular complexity index is 1640. The van der Waals surface area contributed by atoms with Crippen LogP contribution >= 0.6 is 0 Å². The molecule has 0 spiro atoms. The van der Waals surface area contributed by atoms with Gasteiger partial charge in [0.2, 0.25) is 0 Å². The predicted molar refractivity (Wildman–Crippen MR) is 198 cm³/mol. The van der Waals surface area contributed by atoms with Crippen molar-refractivity contribution in [2.24, 2.45) is 52.3 Å². The van der Waals surface area contributed by atoms with Gasteiger partial charge in [-0.2, -0.15) is 0 Å². The highest BCUT2D eigenvalue weighted by Crippen LogP contribution is 2.68. The van der Waals surface area contributed by atoms with E-state index >= 15 is 0 Å². The first kappa shape index (κ1) is 35.0. The summed E-state index contributed by atoms with van der Waals surface area (Å²) in [6.07, 6.45) is 18.5. The Kier molecular flexibility index (Phi) is 9.54. The van der Waals surface area contributed by atoms with E-state index in [0.717, 1.165) is 54.4 Å². The number of carboxylic acids is 1. The molecular formula is C44H57NO5. The highest BCUT2D eigenvalue weighted by Gasteiger charge is 2.60. The number of anilines is 1. The Balaban J connectivity index is 0.985. The number of amides is 2. The summed E-state index contributed by atoms with van der Waals surface area (Å²) in [7, 11) is 0. The van der Waals surface area contributed by atoms with Gasteiger partial charge in [-0.15, -0.1) is 0 Å². The summed E-state index contributed by atoms with van der Waals surface area (Å²) in [5.41, 5.74) is 2.79. The molecule has 268 valence electrons. The summed E-state index contributed by atoms with van der Waals surface area (Å²) in [6.45, 7) is 12.6. The molecular weight excluding hydrogens is 622 g/mol. The van der Waals surface area contributed by atoms with Gasteiger partial charge in [0.1, 0.15) is 5.75 Å². The number of hydrogen-bond acceptors (Lipinski definition) is 4. The number of carboxylic acid groups (broad SMARTS) is 1. The van der Waals surface area contributed by atoms with Gasteiger partial charge in [0, 0.05) is 6.08 Å². The topological polar surface area (TPSA) is 83.9 Å². The monoisotopic (exact) mass is 679 g/mol. The Morgan fingerprint density at radius 2 is 1.60 bits per heavy atom. The molecule has 4 aliphatic carbocycles. The minimum Gasteiger partial charge on any atom is -0.490 e. The van der Waals surface area contributed by atoms with Crippen molar-refractivity contribution in [3.63, 3.8) is 0 Å². The van der Waals surface area contributed by atoms with Crippen molar-refractivity contribution in [2.75, 3.05) is 4.90 Å². The fourth-order valence-corrected chi connectivity index (χ4v) is 12.0. The van der Waals surface area contributed by atoms with Crippen molar-refractivity contribution >= 4 is 29.5 Å². The minimum absolute atomic E-state index is 0.119. The van der Waals surface area contributed by atoms with E-state index in [1.807, 2.05) is 6.07 Å². The molecule has 1 heterocycles. The Hall–Kier alpha value is -3.41. The van der Waals surface area contributed by atoms with E-state index in [0.29, 0.717) is 44.9 Å². The lowest BCUT2D eigenvalue weighted by Crippen LogP contribution is -2.54. The van der Waals surface area contributed by atoms with Crippen LogP contribution < -0.4 is 9.64 Å². The van der Waals surface area contributed by atoms with E-state index in [9.17, 15) is 14.4 Å². The molecule has 2 aromatic rings. The molecule has 9 unspecified atom stereocenters. The lowest BCUT2D eigenvalue weighted by Gasteiger charge is -2.61. The van der Waals surface area contributed by atoms with Crippen LogP contribution in [0.2, 0.25) is 0 Å². The van der Waals surface area contributed by atoms with Gasteiger partial charge in [0.25, 0.3) is 11.8 Å². The van der Waals surface area contributed by atoms with Crippen molar-refractivity contribution < 1.29 is 24.2 Å². The average Bonchev–Trinajstić information content (AvgIpc) is 3.56. The molecule has 4 saturated carbocycles. The fourth-order valence-electron chi connectivity index (χ4n) is 12.0. The third-order valence-electron chi connectivity index (χ3n) is 14.5. The predicted octanol–water partition coefficient (Wildman–Crippen LogP) is 10.5. The molecule has 6 heteroatoms. The number of imide groups is 1. The summed E-state index contributed by atoms with van der Waals surface area (Å²) in [5, 5.41) is 8.89. The van der Waals surface area contributed by atoms with Gasteiger partial charge in [-0.25, -0.2) is 9.69 Å². The largest absolute Gasteiger partial charge is 0.490 e. The number of hydrogen-bond donors (Lipinski definition) is 1. The van der Waals surface area contributed by atoms with Gasteiger partial charge < -0.3 is 9.84 Å². The molecule has 2 amide bonds. The van der Waals surface area contributed by atoms with Crippen LogP contribution in [0.15, 0.2) is 48.5 Å². The van der Waals surface area contributed by atoms with E-state index in [-0.39, 0.29) is 17.9 Å². The maximum Gasteiger partial charge on any atom is 0.328 e. The second kappa shape index (κ2) is 13.6. The van der Waals surface area contributed by atoms with Gasteiger partial charge in [-0.3, -0.25) is 9.59 Å². The number of benzene rings is 2. The van der Waals surface area contributed by atoms with Crippen LogP contribution in [-0.4, -0.2) is 29.0 Å². The highest BCUT2D eigenvalue weighted by molar-refractivity contribution is 6.34. The van der Waals surface area contributed by atoms with Crippen LogP contribution in [0.4, 0.5) is 5.69 Å². The maximum absolute atomic E-state index is 13.5. The molecule has 1 N–H and O–H groups in total. The van der Waals surface area contributed by atoms with Crippen LogP contribution in [-0.2, 0) is 4.79 Å². The number of rotatable bonds is 10. The third kappa shape index (κ3) is 6.23. The van der Waals surface area contributed by atoms with Crippen LogP contribution in [0.3, 0.4) is 0 Å². The van der Waals surface area contributed by atoms with Gasteiger partial charge in [-0.1, -0.05) is 66.0 Å². The molecule has 0 radical (unpaired) electrons. The molecule has 5 aliphatic rings. The van der Waals surface area contributed by atoms with E-state index in [1.165, 1.54) is 75.2 Å². The smallest absolute Gasteiger partial charge is 0.328 e. The third-order valence-corrected chi connectivity index (χ3v) is 14.5. The minimum atomic E-state index is -1.03. The summed E-state index contributed by atoms with van der Waals surface area (Å²) in [6, 6.07) is 12.1. The van der Waals surface area contributed by atoms with Crippen LogP contribution in [0, 0.1) is 52.3 Å². The van der Waals surface area contributed by atoms with Crippen LogP contribution in [0.1, 0.15) is 138 Å². The van der Waals surface area contributed by atoms with Gasteiger partial charge in [-0.05, 0) is 152 Å². The van der Waals surface area contributed by atoms with Crippen molar-refractivity contribution in [3.05, 3.63) is 65.2 Å². The molecule has 0 aromatic heterocycles. The van der Waals surface area contributed by atoms with E-state index < -0.39 is 5.97 Å². The number of nitrogens with zero attached hydrogens (tertiary/aromatic N) is 1. The van der Waals surface area contributed by atoms with Gasteiger partial charge >= 0.3 is 5.97 Å². The Labute approximate surface area is 299 Å². The number of carbonyl (C=O) groups excluding carboxylic acids is 2. The zero-order valence-corrected chi connectivity index (χ0v) is 30.8. The van der Waals surface area contributed by atoms with E-state index in [4.69, 9.17) is 9.84 Å². The second-order valence-corrected chi connectivity index (χ2v) is 17.6. The van der Waals surface area contributed by atoms with Crippen molar-refractivity contribution in [2.45, 2.75) is 118 Å². The number of ether oxygens (including phenoxy) is 1. The van der Waals surface area contributed by atoms with Gasteiger partial charge in [0.15, 0.2) is 0 Å². The second-order valence-electron chi connectivity index (χ2n) is 17.6. The fraction of sp³-hybridized carbons (Fsp3) is 0.614. The standard InChI is InChI=1S/C44H57NO5/c1-27(2)7-6-8-28(3)37-18-19-38-35-16-12-30-25-33(21-23-43(30,4)39(35)22-24-44(37,38)5)50-32-15-17-34-36(26-32)42(49)45(41(34)48)31-13-9-29(10-14-31)11-20-40(46)47/h9-11,13-15,17,20,26-28,30,33,35,37-39H,6-8,12,16,18-19,21-25H2,1-5H3,(H,46,47). The Morgan fingerprint density at radius 3 is 2.34 bits per heavy atom. The highest BCUT2D eigenvalue weighted by atomic mass is 16.5. The first-order chi connectivity index (χ1) is 23.9. The van der Waals surface area contributed by atoms with Crippen molar-refractivity contribution in [1.82, 2.24) is 0 Å². The van der Waals surface area contributed by atoms with Crippen LogP contribution in [0.25, 0.3) is 6.08 Å². The van der Waals surface area contributed by atoms with Crippen LogP contribution in [0.5, 0.6) is 5.75 Å². The molecule has 0 bridgehead atoms. The van der Waals surface area contributed by atoms with Crippen molar-refractivity contribution in [3.8, 4) is 5.75 Å². The van der Waals surface area contributed by atoms with E-state index in [1.54, 1.807) is 36.4 Å². The number of fused-ring (bicyclic) bond motifs is 6. The maximum atomic E-state index is 13.5. The first-order valence-electron chi connectivity index (χ1n) is 19.6. The first-order valence-corrected chi connectivity index (χ1v) is 19.6. The lowest BCUT2D eigenvalue weighted by molar-refractivity contribution is -0.131. The molecule has 7 rings (SSSR count). The molecule has 4 fully saturated rings. The molecule has 9 atom stereocenters. The zero-order chi connectivity index (χ0) is 35.4. The van der Waals surface area contributed by atoms with Gasteiger partial charge in [0.05, 0.1) is 22.9 Å². The molecule has 0 saturated heterocycles. The molecule has 2 aromatic carbocycles. The normalized spacial score (nSPS) is 34.0. The summed E-state index contributed by atoms with van der Waals surface area (Å²) in [5.74, 6) is 4.73. The Morgan fingerprint density at radius 1 is 0.880 bits per heavy atom. The molecule has 6 nitrogen and oxygen atoms in total. The van der Waals surface area contributed by atoms with Crippen molar-refractivity contribution in [1.29, 1.82) is 0 Å². The SMILES string of the molecule is CC(C)CCCC(C)C1CCC2C3CCC4CC(Oc5ccc6c(c5)C(=O)N(c5ccc(C=CC(=O)O)cc5)C6=O)CCC4(C)C3CCC12C. The quantitative estimate of drug-likeness (QED) is 0.200. The molecule has 1 aliphatic heterocycles. The summed E-state index contributed by atoms with van der Waals surface area (Å²) in [4.78, 5) is 38.8. The molecule has 50 heavy (non-hydrogen) atoms. The van der Waals surface area contributed by atoms with E-state index in [2.05, 4.69) is 34.6 Å².